The molecule has 0 saturated carbocycles. The minimum absolute atomic E-state index is 0.537. The maximum absolute atomic E-state index is 10.3. The van der Waals surface area contributed by atoms with E-state index in [0.717, 1.165) is 14.8 Å². The van der Waals surface area contributed by atoms with Crippen molar-refractivity contribution in [1.29, 1.82) is 0 Å². The van der Waals surface area contributed by atoms with Crippen LogP contribution in [0.2, 0.25) is 0 Å². The fourth-order valence-corrected chi connectivity index (χ4v) is 2.29. The van der Waals surface area contributed by atoms with E-state index >= 15 is 0 Å². The van der Waals surface area contributed by atoms with Crippen LogP contribution < -0.4 is 0 Å². The van der Waals surface area contributed by atoms with Gasteiger partial charge >= 0.3 is 0 Å². The Balaban J connectivity index is 1.89. The molecule has 3 rings (SSSR count). The average molecular weight is 377 g/mol. The number of halogens is 1. The van der Waals surface area contributed by atoms with Crippen LogP contribution in [0.3, 0.4) is 0 Å². The summed E-state index contributed by atoms with van der Waals surface area (Å²) in [4.78, 5) is 0. The SMILES string of the molecule is O[C@H](c1ccccc1)c1cn(-c2ccc(I)cc2)nn1. The Kier molecular flexibility index (Phi) is 3.79. The van der Waals surface area contributed by atoms with Gasteiger partial charge in [0, 0.05) is 3.57 Å². The van der Waals surface area contributed by atoms with Crippen molar-refractivity contribution in [3.8, 4) is 5.69 Å². The molecule has 0 radical (unpaired) electrons. The molecule has 1 heterocycles. The summed E-state index contributed by atoms with van der Waals surface area (Å²) in [5.74, 6) is 0. The van der Waals surface area contributed by atoms with E-state index < -0.39 is 6.10 Å². The number of aromatic nitrogens is 3. The van der Waals surface area contributed by atoms with Crippen LogP contribution in [0.5, 0.6) is 0 Å². The second kappa shape index (κ2) is 5.72. The summed E-state index contributed by atoms with van der Waals surface area (Å²) in [5, 5.41) is 18.4. The molecule has 0 amide bonds. The maximum Gasteiger partial charge on any atom is 0.124 e. The third-order valence-electron chi connectivity index (χ3n) is 3.00. The molecule has 3 aromatic rings. The normalized spacial score (nSPS) is 12.3. The van der Waals surface area contributed by atoms with Gasteiger partial charge in [0.2, 0.25) is 0 Å². The van der Waals surface area contributed by atoms with Crippen LogP contribution >= 0.6 is 22.6 Å². The fraction of sp³-hybridized carbons (Fsp3) is 0.0667. The predicted molar refractivity (Wildman–Crippen MR) is 84.6 cm³/mol. The lowest BCUT2D eigenvalue weighted by molar-refractivity contribution is 0.215. The fourth-order valence-electron chi connectivity index (χ4n) is 1.93. The van der Waals surface area contributed by atoms with Crippen LogP contribution in [0.4, 0.5) is 0 Å². The van der Waals surface area contributed by atoms with E-state index in [2.05, 4.69) is 32.9 Å². The van der Waals surface area contributed by atoms with Crippen molar-refractivity contribution in [1.82, 2.24) is 15.0 Å². The largest absolute Gasteiger partial charge is 0.382 e. The molecule has 0 bridgehead atoms. The van der Waals surface area contributed by atoms with Crippen molar-refractivity contribution in [3.63, 3.8) is 0 Å². The van der Waals surface area contributed by atoms with Crippen LogP contribution in [0, 0.1) is 3.57 Å². The molecular weight excluding hydrogens is 365 g/mol. The third kappa shape index (κ3) is 2.73. The summed E-state index contributed by atoms with van der Waals surface area (Å²) in [6.45, 7) is 0. The van der Waals surface area contributed by atoms with Crippen LogP contribution in [-0.2, 0) is 0 Å². The average Bonchev–Trinajstić information content (AvgIpc) is 2.98. The molecule has 0 aliphatic rings. The molecule has 0 fully saturated rings. The van der Waals surface area contributed by atoms with Gasteiger partial charge in [0.15, 0.2) is 0 Å². The van der Waals surface area contributed by atoms with Crippen LogP contribution in [0.15, 0.2) is 60.8 Å². The standard InChI is InChI=1S/C15H12IN3O/c16-12-6-8-13(9-7-12)19-10-14(17-18-19)15(20)11-4-2-1-3-5-11/h1-10,15,20H/t15-/m1/s1. The van der Waals surface area contributed by atoms with Gasteiger partial charge in [-0.1, -0.05) is 35.5 Å². The Labute approximate surface area is 130 Å². The summed E-state index contributed by atoms with van der Waals surface area (Å²) >= 11 is 2.25. The molecule has 4 nitrogen and oxygen atoms in total. The maximum atomic E-state index is 10.3. The van der Waals surface area contributed by atoms with Gasteiger partial charge in [-0.2, -0.15) is 0 Å². The molecule has 0 aliphatic heterocycles. The molecule has 1 atom stereocenters. The molecular formula is C15H12IN3O. The van der Waals surface area contributed by atoms with Crippen molar-refractivity contribution in [2.75, 3.05) is 0 Å². The molecule has 2 aromatic carbocycles. The minimum Gasteiger partial charge on any atom is -0.382 e. The summed E-state index contributed by atoms with van der Waals surface area (Å²) in [7, 11) is 0. The first-order valence-electron chi connectivity index (χ1n) is 6.15. The summed E-state index contributed by atoms with van der Waals surface area (Å²) < 4.78 is 2.83. The first-order valence-corrected chi connectivity index (χ1v) is 7.23. The minimum atomic E-state index is -0.756. The van der Waals surface area contributed by atoms with Gasteiger partial charge in [0.05, 0.1) is 11.9 Å². The van der Waals surface area contributed by atoms with Gasteiger partial charge in [0.1, 0.15) is 11.8 Å². The molecule has 0 spiro atoms. The number of benzene rings is 2. The number of aliphatic hydroxyl groups is 1. The second-order valence-electron chi connectivity index (χ2n) is 4.38. The first-order chi connectivity index (χ1) is 9.74. The van der Waals surface area contributed by atoms with E-state index in [4.69, 9.17) is 0 Å². The van der Waals surface area contributed by atoms with E-state index in [-0.39, 0.29) is 0 Å². The zero-order chi connectivity index (χ0) is 13.9. The molecule has 5 heteroatoms. The lowest BCUT2D eigenvalue weighted by atomic mass is 10.1. The Morgan fingerprint density at radius 1 is 1.00 bits per heavy atom. The van der Waals surface area contributed by atoms with Gasteiger partial charge in [-0.3, -0.25) is 0 Å². The van der Waals surface area contributed by atoms with E-state index in [9.17, 15) is 5.11 Å². The van der Waals surface area contributed by atoms with Gasteiger partial charge < -0.3 is 5.11 Å². The lowest BCUT2D eigenvalue weighted by Crippen LogP contribution is -1.99. The smallest absolute Gasteiger partial charge is 0.124 e. The number of hydrogen-bond donors (Lipinski definition) is 1. The third-order valence-corrected chi connectivity index (χ3v) is 3.72. The quantitative estimate of drug-likeness (QED) is 0.715. The van der Waals surface area contributed by atoms with E-state index in [0.29, 0.717) is 5.69 Å². The predicted octanol–water partition coefficient (Wildman–Crippen LogP) is 2.95. The van der Waals surface area contributed by atoms with E-state index in [1.165, 1.54) is 0 Å². The molecule has 0 unspecified atom stereocenters. The zero-order valence-corrected chi connectivity index (χ0v) is 12.7. The summed E-state index contributed by atoms with van der Waals surface area (Å²) in [6, 6.07) is 17.4. The highest BCUT2D eigenvalue weighted by atomic mass is 127. The zero-order valence-electron chi connectivity index (χ0n) is 10.5. The molecule has 0 saturated heterocycles. The van der Waals surface area contributed by atoms with Crippen LogP contribution in [-0.4, -0.2) is 20.1 Å². The number of nitrogens with zero attached hydrogens (tertiary/aromatic N) is 3. The van der Waals surface area contributed by atoms with E-state index in [1.54, 1.807) is 10.9 Å². The summed E-state index contributed by atoms with van der Waals surface area (Å²) in [5.41, 5.74) is 2.27. The van der Waals surface area contributed by atoms with Crippen LogP contribution in [0.25, 0.3) is 5.69 Å². The molecule has 1 N–H and O–H groups in total. The molecule has 1 aromatic heterocycles. The van der Waals surface area contributed by atoms with Crippen molar-refractivity contribution in [2.24, 2.45) is 0 Å². The molecule has 20 heavy (non-hydrogen) atoms. The Morgan fingerprint density at radius 2 is 1.70 bits per heavy atom. The van der Waals surface area contributed by atoms with Gasteiger partial charge in [-0.05, 0) is 52.4 Å². The topological polar surface area (TPSA) is 50.9 Å². The van der Waals surface area contributed by atoms with Gasteiger partial charge in [-0.25, -0.2) is 4.68 Å². The Morgan fingerprint density at radius 3 is 2.40 bits per heavy atom. The van der Waals surface area contributed by atoms with Gasteiger partial charge in [0.25, 0.3) is 0 Å². The first kappa shape index (κ1) is 13.3. The second-order valence-corrected chi connectivity index (χ2v) is 5.62. The number of hydrogen-bond acceptors (Lipinski definition) is 3. The van der Waals surface area contributed by atoms with Crippen molar-refractivity contribution < 1.29 is 5.11 Å². The Hall–Kier alpha value is -1.73. The molecule has 100 valence electrons. The van der Waals surface area contributed by atoms with Crippen molar-refractivity contribution in [2.45, 2.75) is 6.10 Å². The molecule has 0 aliphatic carbocycles. The monoisotopic (exact) mass is 377 g/mol. The van der Waals surface area contributed by atoms with Crippen molar-refractivity contribution in [3.05, 3.63) is 75.6 Å². The number of aliphatic hydroxyl groups excluding tert-OH is 1. The number of rotatable bonds is 3. The Bertz CT molecular complexity index is 695. The van der Waals surface area contributed by atoms with Gasteiger partial charge in [-0.15, -0.1) is 5.10 Å². The van der Waals surface area contributed by atoms with Crippen molar-refractivity contribution >= 4 is 22.6 Å². The highest BCUT2D eigenvalue weighted by Gasteiger charge is 2.14. The highest BCUT2D eigenvalue weighted by Crippen LogP contribution is 2.20. The van der Waals surface area contributed by atoms with Crippen LogP contribution in [0.1, 0.15) is 17.4 Å². The lowest BCUT2D eigenvalue weighted by Gasteiger charge is -2.06. The highest BCUT2D eigenvalue weighted by molar-refractivity contribution is 14.1. The summed E-state index contributed by atoms with van der Waals surface area (Å²) in [6.07, 6.45) is 0.994. The van der Waals surface area contributed by atoms with E-state index in [1.807, 2.05) is 54.6 Å².